The summed E-state index contributed by atoms with van der Waals surface area (Å²) in [5.41, 5.74) is 7.54. The van der Waals surface area contributed by atoms with E-state index in [1.807, 2.05) is 49.5 Å². The zero-order valence-corrected chi connectivity index (χ0v) is 23.9. The van der Waals surface area contributed by atoms with Crippen molar-refractivity contribution in [1.82, 2.24) is 0 Å². The van der Waals surface area contributed by atoms with E-state index in [9.17, 15) is 9.59 Å². The summed E-state index contributed by atoms with van der Waals surface area (Å²) in [4.78, 5) is 27.1. The predicted molar refractivity (Wildman–Crippen MR) is 170 cm³/mol. The fourth-order valence-corrected chi connectivity index (χ4v) is 4.39. The Labute approximate surface area is 248 Å². The molecule has 0 atom stereocenters. The average Bonchev–Trinajstić information content (AvgIpc) is 3.05. The lowest BCUT2D eigenvalue weighted by atomic mass is 10.0. The molecule has 0 saturated carbocycles. The second kappa shape index (κ2) is 15.2. The van der Waals surface area contributed by atoms with Gasteiger partial charge in [-0.3, -0.25) is 4.79 Å². The Morgan fingerprint density at radius 3 is 1.86 bits per heavy atom. The first-order valence-corrected chi connectivity index (χ1v) is 13.8. The summed E-state index contributed by atoms with van der Waals surface area (Å²) in [5, 5.41) is 0. The highest BCUT2D eigenvalue weighted by Crippen LogP contribution is 2.31. The largest absolute Gasteiger partial charge is 0.458 e. The van der Waals surface area contributed by atoms with Crippen molar-refractivity contribution in [2.24, 2.45) is 0 Å². The Morgan fingerprint density at radius 1 is 0.714 bits per heavy atom. The first-order chi connectivity index (χ1) is 20.5. The second-order valence-electron chi connectivity index (χ2n) is 9.79. The van der Waals surface area contributed by atoms with Crippen molar-refractivity contribution in [3.63, 3.8) is 0 Å². The summed E-state index contributed by atoms with van der Waals surface area (Å²) in [7, 11) is 2.00. The van der Waals surface area contributed by atoms with Crippen molar-refractivity contribution in [1.29, 1.82) is 0 Å². The molecule has 214 valence electrons. The summed E-state index contributed by atoms with van der Waals surface area (Å²) in [6.45, 7) is 9.01. The minimum absolute atomic E-state index is 0.0631. The summed E-state index contributed by atoms with van der Waals surface area (Å²) < 4.78 is 10.6. The number of likely N-dealkylation sites (N-methyl/N-ethyl adjacent to an activating group) is 1. The number of hydrogen-bond acceptors (Lipinski definition) is 6. The highest BCUT2D eigenvalue weighted by molar-refractivity contribution is 5.90. The van der Waals surface area contributed by atoms with Gasteiger partial charge in [0.1, 0.15) is 13.2 Å². The Balaban J connectivity index is 1.46. The fourth-order valence-electron chi connectivity index (χ4n) is 4.39. The van der Waals surface area contributed by atoms with Gasteiger partial charge in [-0.2, -0.15) is 0 Å². The van der Waals surface area contributed by atoms with Gasteiger partial charge < -0.3 is 19.3 Å². The highest BCUT2D eigenvalue weighted by Gasteiger charge is 2.12. The van der Waals surface area contributed by atoms with Crippen LogP contribution in [0.3, 0.4) is 0 Å². The van der Waals surface area contributed by atoms with E-state index in [0.29, 0.717) is 19.7 Å². The van der Waals surface area contributed by atoms with Crippen LogP contribution in [-0.4, -0.2) is 38.6 Å². The van der Waals surface area contributed by atoms with Crippen LogP contribution in [0.2, 0.25) is 0 Å². The molecule has 6 heteroatoms. The molecular weight excluding hydrogens is 524 g/mol. The second-order valence-corrected chi connectivity index (χ2v) is 9.79. The molecule has 0 saturated heterocycles. The number of ketones is 1. The molecule has 0 radical (unpaired) electrons. The van der Waals surface area contributed by atoms with Crippen LogP contribution in [0.1, 0.15) is 11.1 Å². The maximum atomic E-state index is 11.4. The van der Waals surface area contributed by atoms with Crippen LogP contribution in [0, 0.1) is 0 Å². The van der Waals surface area contributed by atoms with Crippen molar-refractivity contribution in [3.8, 4) is 11.1 Å². The van der Waals surface area contributed by atoms with Crippen LogP contribution in [0.4, 0.5) is 17.1 Å². The Morgan fingerprint density at radius 2 is 1.29 bits per heavy atom. The monoisotopic (exact) mass is 560 g/mol. The van der Waals surface area contributed by atoms with Crippen molar-refractivity contribution >= 4 is 28.8 Å². The molecule has 0 aliphatic carbocycles. The quantitative estimate of drug-likeness (QED) is 0.0876. The van der Waals surface area contributed by atoms with Gasteiger partial charge >= 0.3 is 5.97 Å². The van der Waals surface area contributed by atoms with Crippen LogP contribution in [-0.2, 0) is 32.2 Å². The Hall–Kier alpha value is -4.94. The molecule has 0 fully saturated rings. The van der Waals surface area contributed by atoms with Crippen LogP contribution in [0.5, 0.6) is 0 Å². The van der Waals surface area contributed by atoms with Crippen LogP contribution in [0.15, 0.2) is 128 Å². The van der Waals surface area contributed by atoms with E-state index < -0.39 is 5.97 Å². The normalized spacial score (nSPS) is 10.5. The van der Waals surface area contributed by atoms with Gasteiger partial charge in [0, 0.05) is 43.3 Å². The summed E-state index contributed by atoms with van der Waals surface area (Å²) in [5.74, 6) is -0.548. The Bertz CT molecular complexity index is 1460. The number of hydrogen-bond donors (Lipinski definition) is 0. The third kappa shape index (κ3) is 8.53. The Kier molecular flexibility index (Phi) is 10.8. The average molecular weight is 561 g/mol. The third-order valence-electron chi connectivity index (χ3n) is 6.84. The molecule has 0 heterocycles. The maximum absolute atomic E-state index is 11.4. The van der Waals surface area contributed by atoms with Crippen LogP contribution < -0.4 is 9.80 Å². The fraction of sp³-hybridized carbons (Fsp3) is 0.167. The lowest BCUT2D eigenvalue weighted by Crippen LogP contribution is -2.23. The molecule has 0 N–H and O–H groups in total. The summed E-state index contributed by atoms with van der Waals surface area (Å²) >= 11 is 0. The lowest BCUT2D eigenvalue weighted by Gasteiger charge is -2.26. The maximum Gasteiger partial charge on any atom is 0.330 e. The van der Waals surface area contributed by atoms with Gasteiger partial charge in [-0.1, -0.05) is 79.9 Å². The first-order valence-electron chi connectivity index (χ1n) is 13.8. The van der Waals surface area contributed by atoms with Gasteiger partial charge in [0.05, 0.1) is 6.61 Å². The van der Waals surface area contributed by atoms with E-state index in [-0.39, 0.29) is 19.0 Å². The molecule has 0 unspecified atom stereocenters. The molecule has 0 bridgehead atoms. The summed E-state index contributed by atoms with van der Waals surface area (Å²) in [6, 6.07) is 35.4. The number of nitrogens with zero attached hydrogens (tertiary/aromatic N) is 2. The molecule has 0 amide bonds. The lowest BCUT2D eigenvalue weighted by molar-refractivity contribution is -0.139. The number of benzene rings is 4. The summed E-state index contributed by atoms with van der Waals surface area (Å²) in [6.07, 6.45) is 2.45. The molecule has 6 nitrogen and oxygen atoms in total. The minimum atomic E-state index is -0.435. The van der Waals surface area contributed by atoms with Crippen molar-refractivity contribution in [3.05, 3.63) is 140 Å². The number of carbonyl (C=O) groups excluding carboxylic acids is 2. The molecule has 4 rings (SSSR count). The van der Waals surface area contributed by atoms with Gasteiger partial charge in [0.15, 0.2) is 5.78 Å². The van der Waals surface area contributed by atoms with Crippen molar-refractivity contribution < 1.29 is 19.1 Å². The highest BCUT2D eigenvalue weighted by atomic mass is 16.5. The van der Waals surface area contributed by atoms with Gasteiger partial charge in [-0.25, -0.2) is 4.79 Å². The van der Waals surface area contributed by atoms with Gasteiger partial charge in [-0.05, 0) is 64.7 Å². The van der Waals surface area contributed by atoms with Crippen molar-refractivity contribution in [2.45, 2.75) is 13.2 Å². The number of ether oxygens (including phenoxy) is 2. The molecule has 0 spiro atoms. The predicted octanol–water partition coefficient (Wildman–Crippen LogP) is 7.13. The number of esters is 1. The molecule has 0 aliphatic heterocycles. The zero-order chi connectivity index (χ0) is 29.7. The van der Waals surface area contributed by atoms with Gasteiger partial charge in [0.2, 0.25) is 0 Å². The van der Waals surface area contributed by atoms with E-state index in [0.717, 1.165) is 33.8 Å². The SMILES string of the molecule is C=CC(=O)COCCN(C)c1ccc(-c2ccc(N(Cc3ccccc3)c3ccc(COC(=O)C=C)cc3)cc2)cc1. The number of anilines is 3. The number of rotatable bonds is 15. The van der Waals surface area contributed by atoms with E-state index in [1.54, 1.807) is 0 Å². The van der Waals surface area contributed by atoms with E-state index in [4.69, 9.17) is 9.47 Å². The van der Waals surface area contributed by atoms with E-state index in [1.165, 1.54) is 17.7 Å². The standard InChI is InChI=1S/C36H36N2O4/c1-4-35(39)27-41-24-23-37(3)32-19-13-30(14-20-32)31-15-21-34(22-16-31)38(25-28-9-7-6-8-10-28)33-17-11-29(12-18-33)26-42-36(40)5-2/h4-22H,1-2,23-27H2,3H3. The molecule has 4 aromatic rings. The minimum Gasteiger partial charge on any atom is -0.458 e. The number of carbonyl (C=O) groups is 2. The molecule has 42 heavy (non-hydrogen) atoms. The van der Waals surface area contributed by atoms with Gasteiger partial charge in [0.25, 0.3) is 0 Å². The molecule has 4 aromatic carbocycles. The first kappa shape index (κ1) is 30.0. The van der Waals surface area contributed by atoms with Gasteiger partial charge in [-0.15, -0.1) is 0 Å². The molecule has 0 aliphatic rings. The third-order valence-corrected chi connectivity index (χ3v) is 6.84. The van der Waals surface area contributed by atoms with Crippen LogP contribution >= 0.6 is 0 Å². The van der Waals surface area contributed by atoms with Crippen molar-refractivity contribution in [2.75, 3.05) is 36.6 Å². The smallest absolute Gasteiger partial charge is 0.330 e. The zero-order valence-electron chi connectivity index (χ0n) is 23.9. The topological polar surface area (TPSA) is 59.1 Å². The molecule has 0 aromatic heterocycles. The molecular formula is C36H36N2O4. The van der Waals surface area contributed by atoms with E-state index >= 15 is 0 Å². The van der Waals surface area contributed by atoms with E-state index in [2.05, 4.69) is 83.6 Å². The van der Waals surface area contributed by atoms with Crippen LogP contribution in [0.25, 0.3) is 11.1 Å².